The number of nitrogen functional groups attached to an aromatic ring is 4. The molecule has 1 fully saturated rings. The van der Waals surface area contributed by atoms with Crippen molar-refractivity contribution in [3.8, 4) is 11.5 Å². The maximum absolute atomic E-state index is 9.08. The summed E-state index contributed by atoms with van der Waals surface area (Å²) < 4.78 is 0. The molecule has 0 unspecified atom stereocenters. The van der Waals surface area contributed by atoms with Gasteiger partial charge in [-0.1, -0.05) is 298 Å². The Kier molecular flexibility index (Phi) is 48.2. The molecule has 668 valence electrons. The van der Waals surface area contributed by atoms with Crippen molar-refractivity contribution >= 4 is 22.9 Å². The van der Waals surface area contributed by atoms with Crippen molar-refractivity contribution in [3.63, 3.8) is 0 Å². The number of H-pyrrole nitrogens is 1. The lowest BCUT2D eigenvalue weighted by Gasteiger charge is -2.30. The van der Waals surface area contributed by atoms with Crippen molar-refractivity contribution in [1.82, 2.24) is 30.2 Å². The van der Waals surface area contributed by atoms with Gasteiger partial charge < -0.3 is 48.3 Å². The molecule has 120 heavy (non-hydrogen) atoms. The molecule has 0 saturated carbocycles. The summed E-state index contributed by atoms with van der Waals surface area (Å²) in [7, 11) is 0. The number of nitrogens with one attached hydrogen (secondary N) is 2. The number of rotatable bonds is 14. The summed E-state index contributed by atoms with van der Waals surface area (Å²) in [4.78, 5) is 17.7. The number of aromatic hydroxyl groups is 2. The maximum atomic E-state index is 9.08. The van der Waals surface area contributed by atoms with Gasteiger partial charge in [-0.25, -0.2) is 9.97 Å². The van der Waals surface area contributed by atoms with E-state index in [1.807, 2.05) is 97.5 Å². The Morgan fingerprint density at radius 3 is 0.983 bits per heavy atom. The van der Waals surface area contributed by atoms with Crippen molar-refractivity contribution in [1.29, 1.82) is 0 Å². The van der Waals surface area contributed by atoms with Crippen LogP contribution in [0, 0.1) is 61.1 Å². The number of hydrogen-bond donors (Lipinski definition) is 8. The number of nitrogens with zero attached hydrogens (tertiary/aromatic N) is 4. The lowest BCUT2D eigenvalue weighted by Crippen LogP contribution is -2.44. The molecular weight excluding hydrogens is 1470 g/mol. The van der Waals surface area contributed by atoms with Crippen molar-refractivity contribution in [2.24, 2.45) is 54.1 Å². The minimum absolute atomic E-state index is 0.313. The summed E-state index contributed by atoms with van der Waals surface area (Å²) in [5, 5.41) is 21.5. The summed E-state index contributed by atoms with van der Waals surface area (Å²) in [6, 6.07) is 56.2. The van der Waals surface area contributed by atoms with E-state index < -0.39 is 0 Å². The Hall–Kier alpha value is -8.45. The van der Waals surface area contributed by atoms with E-state index >= 15 is 0 Å². The number of phenolic OH excluding ortho intramolecular Hbond substituents is 2. The minimum atomic E-state index is 0.313. The zero-order valence-electron chi connectivity index (χ0n) is 81.8. The number of benzene rings is 6. The third kappa shape index (κ3) is 67.2. The Labute approximate surface area is 735 Å². The number of hydrogen-bond acceptors (Lipinski definition) is 11. The zero-order chi connectivity index (χ0) is 91.4. The Morgan fingerprint density at radius 2 is 0.642 bits per heavy atom. The first-order valence-corrected chi connectivity index (χ1v) is 44.2. The Balaban J connectivity index is 0.000000667. The third-order valence-electron chi connectivity index (χ3n) is 18.3. The number of piperazine rings is 1. The molecule has 3 aromatic heterocycles. The monoisotopic (exact) mass is 1640 g/mol. The van der Waals surface area contributed by atoms with Crippen LogP contribution in [-0.2, 0) is 57.8 Å². The number of imidazole rings is 1. The topological polar surface area (TPSA) is 214 Å². The highest BCUT2D eigenvalue weighted by Gasteiger charge is 2.19. The lowest BCUT2D eigenvalue weighted by atomic mass is 9.88. The number of anilines is 4. The summed E-state index contributed by atoms with van der Waals surface area (Å²) in [6.07, 6.45) is 23.9. The van der Waals surface area contributed by atoms with Crippen molar-refractivity contribution in [3.05, 3.63) is 257 Å². The quantitative estimate of drug-likeness (QED) is 0.0480. The van der Waals surface area contributed by atoms with Gasteiger partial charge in [0.25, 0.3) is 0 Å². The second-order valence-corrected chi connectivity index (χ2v) is 45.0. The van der Waals surface area contributed by atoms with E-state index in [1.54, 1.807) is 36.7 Å². The van der Waals surface area contributed by atoms with Gasteiger partial charge in [-0.3, -0.25) is 4.98 Å². The molecule has 12 heteroatoms. The molecule has 0 amide bonds. The molecule has 6 aromatic carbocycles. The summed E-state index contributed by atoms with van der Waals surface area (Å²) in [5.74, 6) is 2.37. The first-order chi connectivity index (χ1) is 55.0. The van der Waals surface area contributed by atoms with Crippen LogP contribution in [0.4, 0.5) is 22.9 Å². The fraction of sp³-hybridized carbons (Fsp3) is 0.546. The average Bonchev–Trinajstić information content (AvgIpc) is 1.32. The van der Waals surface area contributed by atoms with Crippen molar-refractivity contribution < 1.29 is 10.2 Å². The number of nitrogens with two attached hydrogens (primary N) is 4. The van der Waals surface area contributed by atoms with Crippen LogP contribution < -0.4 is 28.3 Å². The molecule has 9 aromatic rings. The SMILES string of the molecule is CC(C)(C)CCN1CCNCC1.CC(C)(C)CCc1ccc(N)cc1.CC(C)(C)CCc1ccc(O)cc1.CC(C)(C)Cc1ccc(N)cc1.CC(C)(C)Cc1ccc(O)cc1.CC(C)(C)Cc1cccc(N)c1.CC(C)(C)Cc1ccnc(N)c1.CC(C)(C)Cc1ccncc1.CC(C)(C)Cc1ncc[nH]1.Cc1ccc(CCC(C)(C)C)cc1. The van der Waals surface area contributed by atoms with E-state index in [-0.39, 0.29) is 0 Å². The second-order valence-electron chi connectivity index (χ2n) is 45.0. The molecule has 1 saturated heterocycles. The standard InChI is InChI=1S/C13H20.C12H19N.C12H18O.2C11H17N.C11H16O.C10H22N2.C10H16N2.C10H15N.C8H14N2/c1-11-5-7-12(8-6-11)9-10-13(2,3)4;2*1-12(2,3)9-8-10-4-6-11(13)7-5-10;1-11(2,3)8-9-4-6-10(12)7-5-9;1-11(2,3)8-9-5-4-6-10(12)7-9;1-11(2,3)8-9-4-6-10(12)7-5-9;1-10(2,3)4-7-12-8-5-11-6-9-12;1-10(2,3)7-8-4-5-12-9(11)6-8;1-10(2,3)8-9-4-6-11-7-5-9;1-8(2,3)6-7-9-4-5-10-7/h5-8H,9-10H2,1-4H3;4-7H,8-9,13H2,1-3H3;4-7,13H,8-9H2,1-3H3;2*4-7H,8,12H2,1-3H3;4-7,12H,8H2,1-3H3;11H,4-9H2,1-3H3;4-6H,7H2,1-3H3,(H2,11,12);4-7H,8H2,1-3H3;4-5H,6H2,1-3H3,(H,9,10). The number of pyridine rings is 2. The normalized spacial score (nSPS) is 12.6. The molecule has 0 bridgehead atoms. The van der Waals surface area contributed by atoms with E-state index in [9.17, 15) is 0 Å². The van der Waals surface area contributed by atoms with Crippen LogP contribution in [0.1, 0.15) is 289 Å². The molecule has 12 nitrogen and oxygen atoms in total. The molecule has 0 atom stereocenters. The van der Waals surface area contributed by atoms with Crippen LogP contribution in [0.5, 0.6) is 11.5 Å². The highest BCUT2D eigenvalue weighted by atomic mass is 16.3. The first-order valence-electron chi connectivity index (χ1n) is 44.2. The third-order valence-corrected chi connectivity index (χ3v) is 18.3. The van der Waals surface area contributed by atoms with Gasteiger partial charge in [-0.2, -0.15) is 0 Å². The van der Waals surface area contributed by atoms with Crippen LogP contribution in [0.25, 0.3) is 0 Å². The predicted molar refractivity (Wildman–Crippen MR) is 527 cm³/mol. The summed E-state index contributed by atoms with van der Waals surface area (Å²) in [5.41, 5.74) is 40.8. The molecule has 0 aliphatic carbocycles. The number of aromatic nitrogens is 4. The van der Waals surface area contributed by atoms with Crippen molar-refractivity contribution in [2.45, 2.75) is 298 Å². The van der Waals surface area contributed by atoms with E-state index in [0.29, 0.717) is 71.5 Å². The molecule has 0 radical (unpaired) electrons. The number of aryl methyl sites for hydroxylation is 4. The molecule has 4 heterocycles. The molecular formula is C108H174N10O2. The van der Waals surface area contributed by atoms with Gasteiger partial charge in [0, 0.05) is 80.6 Å². The Bertz CT molecular complexity index is 3800. The average molecular weight is 1640 g/mol. The summed E-state index contributed by atoms with van der Waals surface area (Å²) in [6.45, 7) is 75.6. The largest absolute Gasteiger partial charge is 0.508 e. The highest BCUT2D eigenvalue weighted by molar-refractivity contribution is 5.42. The minimum Gasteiger partial charge on any atom is -0.508 e. The molecule has 1 aliphatic rings. The molecule has 12 N–H and O–H groups in total. The van der Waals surface area contributed by atoms with Crippen LogP contribution in [0.2, 0.25) is 0 Å². The number of phenols is 2. The molecule has 1 aliphatic heterocycles. The van der Waals surface area contributed by atoms with Gasteiger partial charge >= 0.3 is 0 Å². The predicted octanol–water partition coefficient (Wildman–Crippen LogP) is 27.5. The van der Waals surface area contributed by atoms with Gasteiger partial charge in [-0.05, 0) is 274 Å². The Morgan fingerprint density at radius 1 is 0.317 bits per heavy atom. The van der Waals surface area contributed by atoms with Gasteiger partial charge in [0.15, 0.2) is 0 Å². The smallest absolute Gasteiger partial charge is 0.123 e. The van der Waals surface area contributed by atoms with Crippen LogP contribution in [-0.4, -0.2) is 67.8 Å². The van der Waals surface area contributed by atoms with Crippen LogP contribution in [0.3, 0.4) is 0 Å². The van der Waals surface area contributed by atoms with E-state index in [1.165, 1.54) is 115 Å². The molecule has 0 spiro atoms. The van der Waals surface area contributed by atoms with Crippen LogP contribution in [0.15, 0.2) is 201 Å². The van der Waals surface area contributed by atoms with Crippen LogP contribution >= 0.6 is 0 Å². The fourth-order valence-electron chi connectivity index (χ4n) is 12.1. The fourth-order valence-corrected chi connectivity index (χ4v) is 12.1. The van der Waals surface area contributed by atoms with Gasteiger partial charge in [-0.15, -0.1) is 0 Å². The van der Waals surface area contributed by atoms with Gasteiger partial charge in [0.05, 0.1) is 0 Å². The second kappa shape index (κ2) is 52.8. The highest BCUT2D eigenvalue weighted by Crippen LogP contribution is 2.29. The first kappa shape index (κ1) is 110. The van der Waals surface area contributed by atoms with E-state index in [0.717, 1.165) is 74.3 Å². The van der Waals surface area contributed by atoms with E-state index in [2.05, 4.69) is 312 Å². The lowest BCUT2D eigenvalue weighted by molar-refractivity contribution is 0.206. The number of aromatic amines is 1. The zero-order valence-corrected chi connectivity index (χ0v) is 81.8. The summed E-state index contributed by atoms with van der Waals surface area (Å²) >= 11 is 0. The van der Waals surface area contributed by atoms with Gasteiger partial charge in [0.2, 0.25) is 0 Å². The van der Waals surface area contributed by atoms with E-state index in [4.69, 9.17) is 33.1 Å². The van der Waals surface area contributed by atoms with Gasteiger partial charge in [0.1, 0.15) is 23.1 Å². The molecule has 10 rings (SSSR count). The van der Waals surface area contributed by atoms with Crippen molar-refractivity contribution in [2.75, 3.05) is 55.7 Å². The maximum Gasteiger partial charge on any atom is 0.123 e.